The summed E-state index contributed by atoms with van der Waals surface area (Å²) >= 11 is 5.89. The van der Waals surface area contributed by atoms with Crippen LogP contribution in [-0.2, 0) is 6.54 Å². The van der Waals surface area contributed by atoms with Crippen molar-refractivity contribution in [3.05, 3.63) is 71.6 Å². The molecule has 124 valence electrons. The second-order valence-electron chi connectivity index (χ2n) is 5.60. The molecule has 2 heterocycles. The summed E-state index contributed by atoms with van der Waals surface area (Å²) in [5, 5.41) is 4.66. The Kier molecular flexibility index (Phi) is 3.95. The average molecular weight is 352 g/mol. The van der Waals surface area contributed by atoms with Gasteiger partial charge in [-0.3, -0.25) is 0 Å². The summed E-state index contributed by atoms with van der Waals surface area (Å²) in [5.41, 5.74) is 9.04. The number of nitrogens with zero attached hydrogens (tertiary/aromatic N) is 4. The van der Waals surface area contributed by atoms with E-state index in [1.807, 2.05) is 47.2 Å². The minimum atomic E-state index is 0.376. The van der Waals surface area contributed by atoms with Crippen molar-refractivity contribution in [2.24, 2.45) is 0 Å². The van der Waals surface area contributed by atoms with Gasteiger partial charge in [0.05, 0.1) is 6.33 Å². The third-order valence-electron chi connectivity index (χ3n) is 3.73. The molecular formula is C18H14ClN5O. The molecule has 2 aromatic carbocycles. The highest BCUT2D eigenvalue weighted by Gasteiger charge is 2.13. The van der Waals surface area contributed by atoms with Crippen molar-refractivity contribution in [1.29, 1.82) is 0 Å². The third kappa shape index (κ3) is 3.39. The predicted octanol–water partition coefficient (Wildman–Crippen LogP) is 3.88. The third-order valence-corrected chi connectivity index (χ3v) is 3.98. The molecule has 0 saturated heterocycles. The van der Waals surface area contributed by atoms with E-state index in [1.54, 1.807) is 18.5 Å². The largest absolute Gasteiger partial charge is 0.399 e. The van der Waals surface area contributed by atoms with Crippen LogP contribution in [0.15, 0.2) is 65.6 Å². The predicted molar refractivity (Wildman–Crippen MR) is 95.9 cm³/mol. The van der Waals surface area contributed by atoms with E-state index in [0.717, 1.165) is 16.8 Å². The Balaban J connectivity index is 1.54. The molecule has 0 fully saturated rings. The van der Waals surface area contributed by atoms with Gasteiger partial charge < -0.3 is 14.8 Å². The van der Waals surface area contributed by atoms with Gasteiger partial charge in [0.25, 0.3) is 5.89 Å². The molecule has 2 aromatic heterocycles. The van der Waals surface area contributed by atoms with Crippen molar-refractivity contribution in [2.75, 3.05) is 5.73 Å². The van der Waals surface area contributed by atoms with Crippen molar-refractivity contribution in [2.45, 2.75) is 6.54 Å². The topological polar surface area (TPSA) is 82.8 Å². The molecular weight excluding hydrogens is 338 g/mol. The Bertz CT molecular complexity index is 989. The standard InChI is InChI=1S/C18H14ClN5O/c19-14-5-3-13(4-6-14)17-22-18(25-23-17)16-10-24(11-21-16)9-12-1-7-15(20)8-2-12/h1-8,10-11H,9,20H2. The van der Waals surface area contributed by atoms with Gasteiger partial charge in [0.15, 0.2) is 0 Å². The fourth-order valence-corrected chi connectivity index (χ4v) is 2.56. The quantitative estimate of drug-likeness (QED) is 0.564. The Morgan fingerprint density at radius 3 is 2.56 bits per heavy atom. The van der Waals surface area contributed by atoms with Gasteiger partial charge in [0.1, 0.15) is 5.69 Å². The summed E-state index contributed by atoms with van der Waals surface area (Å²) in [7, 11) is 0. The summed E-state index contributed by atoms with van der Waals surface area (Å²) < 4.78 is 7.28. The van der Waals surface area contributed by atoms with Gasteiger partial charge in [-0.05, 0) is 42.0 Å². The van der Waals surface area contributed by atoms with Crippen molar-refractivity contribution < 1.29 is 4.52 Å². The van der Waals surface area contributed by atoms with Gasteiger partial charge in [-0.15, -0.1) is 0 Å². The second kappa shape index (κ2) is 6.41. The first-order chi connectivity index (χ1) is 12.2. The zero-order chi connectivity index (χ0) is 17.2. The van der Waals surface area contributed by atoms with Gasteiger partial charge in [-0.25, -0.2) is 4.98 Å². The number of imidazole rings is 1. The van der Waals surface area contributed by atoms with E-state index in [4.69, 9.17) is 21.9 Å². The Morgan fingerprint density at radius 2 is 1.80 bits per heavy atom. The zero-order valence-corrected chi connectivity index (χ0v) is 13.9. The lowest BCUT2D eigenvalue weighted by Crippen LogP contribution is -1.96. The maximum Gasteiger partial charge on any atom is 0.278 e. The molecule has 0 saturated carbocycles. The van der Waals surface area contributed by atoms with E-state index >= 15 is 0 Å². The van der Waals surface area contributed by atoms with Crippen LogP contribution in [0.25, 0.3) is 23.0 Å². The lowest BCUT2D eigenvalue weighted by atomic mass is 10.2. The summed E-state index contributed by atoms with van der Waals surface area (Å²) in [5.74, 6) is 0.876. The number of anilines is 1. The monoisotopic (exact) mass is 351 g/mol. The summed E-state index contributed by atoms with van der Waals surface area (Å²) in [6.07, 6.45) is 3.60. The first kappa shape index (κ1) is 15.4. The molecule has 0 bridgehead atoms. The highest BCUT2D eigenvalue weighted by Crippen LogP contribution is 2.22. The van der Waals surface area contributed by atoms with Crippen LogP contribution in [0, 0.1) is 0 Å². The minimum absolute atomic E-state index is 0.376. The molecule has 0 amide bonds. The summed E-state index contributed by atoms with van der Waals surface area (Å²) in [6, 6.07) is 15.0. The van der Waals surface area contributed by atoms with Crippen LogP contribution in [0.1, 0.15) is 5.56 Å². The lowest BCUT2D eigenvalue weighted by molar-refractivity contribution is 0.431. The van der Waals surface area contributed by atoms with Crippen molar-refractivity contribution >= 4 is 17.3 Å². The first-order valence-corrected chi connectivity index (χ1v) is 8.01. The summed E-state index contributed by atoms with van der Waals surface area (Å²) in [4.78, 5) is 8.74. The van der Waals surface area contributed by atoms with Crippen molar-refractivity contribution in [3.63, 3.8) is 0 Å². The van der Waals surface area contributed by atoms with E-state index in [9.17, 15) is 0 Å². The molecule has 0 atom stereocenters. The number of hydrogen-bond donors (Lipinski definition) is 1. The number of nitrogens with two attached hydrogens (primary N) is 1. The number of aromatic nitrogens is 4. The maximum absolute atomic E-state index is 5.89. The van der Waals surface area contributed by atoms with Gasteiger partial charge in [0.2, 0.25) is 5.82 Å². The van der Waals surface area contributed by atoms with Crippen LogP contribution in [0.3, 0.4) is 0 Å². The molecule has 6 nitrogen and oxygen atoms in total. The maximum atomic E-state index is 5.89. The number of rotatable bonds is 4. The second-order valence-corrected chi connectivity index (χ2v) is 6.04. The Hall–Kier alpha value is -3.12. The fourth-order valence-electron chi connectivity index (χ4n) is 2.43. The zero-order valence-electron chi connectivity index (χ0n) is 13.1. The molecule has 0 spiro atoms. The van der Waals surface area contributed by atoms with Gasteiger partial charge in [-0.1, -0.05) is 28.9 Å². The Morgan fingerprint density at radius 1 is 1.04 bits per heavy atom. The highest BCUT2D eigenvalue weighted by atomic mass is 35.5. The SMILES string of the molecule is Nc1ccc(Cn2cnc(-c3nc(-c4ccc(Cl)cc4)no3)c2)cc1. The van der Waals surface area contributed by atoms with Crippen LogP contribution in [0.5, 0.6) is 0 Å². The molecule has 0 aliphatic rings. The number of hydrogen-bond acceptors (Lipinski definition) is 5. The van der Waals surface area contributed by atoms with Gasteiger partial charge in [-0.2, -0.15) is 4.98 Å². The van der Waals surface area contributed by atoms with E-state index in [2.05, 4.69) is 15.1 Å². The fraction of sp³-hybridized carbons (Fsp3) is 0.0556. The van der Waals surface area contributed by atoms with E-state index in [1.165, 1.54) is 0 Å². The first-order valence-electron chi connectivity index (χ1n) is 7.63. The minimum Gasteiger partial charge on any atom is -0.399 e. The average Bonchev–Trinajstić information content (AvgIpc) is 3.27. The molecule has 0 aliphatic carbocycles. The number of nitrogen functional groups attached to an aromatic ring is 1. The lowest BCUT2D eigenvalue weighted by Gasteiger charge is -2.02. The van der Waals surface area contributed by atoms with Crippen LogP contribution < -0.4 is 5.73 Å². The van der Waals surface area contributed by atoms with E-state index < -0.39 is 0 Å². The van der Waals surface area contributed by atoms with Crippen molar-refractivity contribution in [3.8, 4) is 23.0 Å². The van der Waals surface area contributed by atoms with Crippen LogP contribution >= 0.6 is 11.6 Å². The molecule has 4 aromatic rings. The highest BCUT2D eigenvalue weighted by molar-refractivity contribution is 6.30. The number of benzene rings is 2. The molecule has 7 heteroatoms. The molecule has 2 N–H and O–H groups in total. The van der Waals surface area contributed by atoms with E-state index in [-0.39, 0.29) is 0 Å². The normalized spacial score (nSPS) is 10.9. The molecule has 0 aliphatic heterocycles. The molecule has 0 radical (unpaired) electrons. The van der Waals surface area contributed by atoms with Crippen LogP contribution in [-0.4, -0.2) is 19.7 Å². The van der Waals surface area contributed by atoms with Crippen molar-refractivity contribution in [1.82, 2.24) is 19.7 Å². The Labute approximate surface area is 148 Å². The van der Waals surface area contributed by atoms with Gasteiger partial charge >= 0.3 is 0 Å². The molecule has 0 unspecified atom stereocenters. The van der Waals surface area contributed by atoms with Gasteiger partial charge in [0, 0.05) is 29.0 Å². The molecule has 4 rings (SSSR count). The van der Waals surface area contributed by atoms with Crippen LogP contribution in [0.2, 0.25) is 5.02 Å². The van der Waals surface area contributed by atoms with Crippen LogP contribution in [0.4, 0.5) is 5.69 Å². The number of halogens is 1. The van der Waals surface area contributed by atoms with E-state index in [0.29, 0.717) is 29.0 Å². The molecule has 25 heavy (non-hydrogen) atoms. The summed E-state index contributed by atoms with van der Waals surface area (Å²) in [6.45, 7) is 0.686. The smallest absolute Gasteiger partial charge is 0.278 e.